The number of carbonyl (C=O) groups excluding carboxylic acids is 3. The van der Waals surface area contributed by atoms with E-state index in [2.05, 4.69) is 10.3 Å². The summed E-state index contributed by atoms with van der Waals surface area (Å²) < 4.78 is 5.21. The van der Waals surface area contributed by atoms with Crippen molar-refractivity contribution in [3.63, 3.8) is 0 Å². The van der Waals surface area contributed by atoms with Gasteiger partial charge < -0.3 is 15.0 Å². The minimum Gasteiger partial charge on any atom is -0.448 e. The molecule has 0 fully saturated rings. The number of rotatable bonds is 5. The first-order valence-corrected chi connectivity index (χ1v) is 7.58. The van der Waals surface area contributed by atoms with E-state index in [1.165, 1.54) is 13.8 Å². The zero-order chi connectivity index (χ0) is 17.9. The predicted molar refractivity (Wildman–Crippen MR) is 90.2 cm³/mol. The quantitative estimate of drug-likeness (QED) is 0.652. The SMILES string of the molecule is CC(=O)c1c(C)[nH]c(C(=O)O[C@@H](C)C(=O)Nc2ccccc2)c1C. The third-order valence-corrected chi connectivity index (χ3v) is 3.69. The Balaban J connectivity index is 2.08. The van der Waals surface area contributed by atoms with Crippen molar-refractivity contribution in [3.8, 4) is 0 Å². The maximum absolute atomic E-state index is 12.3. The summed E-state index contributed by atoms with van der Waals surface area (Å²) in [5.74, 6) is -1.23. The summed E-state index contributed by atoms with van der Waals surface area (Å²) in [4.78, 5) is 38.8. The van der Waals surface area contributed by atoms with Crippen molar-refractivity contribution in [2.75, 3.05) is 5.32 Å². The number of carbonyl (C=O) groups is 3. The van der Waals surface area contributed by atoms with E-state index in [9.17, 15) is 14.4 Å². The molecular formula is C18H20N2O4. The van der Waals surface area contributed by atoms with Crippen LogP contribution in [0.2, 0.25) is 0 Å². The molecule has 0 saturated carbocycles. The van der Waals surface area contributed by atoms with Gasteiger partial charge in [0.2, 0.25) is 0 Å². The summed E-state index contributed by atoms with van der Waals surface area (Å²) in [5.41, 5.74) is 2.42. The Morgan fingerprint density at radius 3 is 2.29 bits per heavy atom. The van der Waals surface area contributed by atoms with E-state index in [1.54, 1.807) is 38.1 Å². The highest BCUT2D eigenvalue weighted by atomic mass is 16.5. The second kappa shape index (κ2) is 7.12. The molecule has 2 aromatic rings. The minimum absolute atomic E-state index is 0.129. The zero-order valence-electron chi connectivity index (χ0n) is 14.1. The number of hydrogen-bond donors (Lipinski definition) is 2. The number of aryl methyl sites for hydroxylation is 1. The number of nitrogens with one attached hydrogen (secondary N) is 2. The number of ketones is 1. The van der Waals surface area contributed by atoms with E-state index >= 15 is 0 Å². The first kappa shape index (κ1) is 17.5. The Morgan fingerprint density at radius 2 is 1.75 bits per heavy atom. The van der Waals surface area contributed by atoms with Gasteiger partial charge in [0.05, 0.1) is 0 Å². The molecule has 6 heteroatoms. The smallest absolute Gasteiger partial charge is 0.355 e. The van der Waals surface area contributed by atoms with Gasteiger partial charge in [-0.2, -0.15) is 0 Å². The summed E-state index contributed by atoms with van der Waals surface area (Å²) in [6.45, 7) is 6.32. The molecule has 1 amide bonds. The highest BCUT2D eigenvalue weighted by molar-refractivity contribution is 6.02. The fraction of sp³-hybridized carbons (Fsp3) is 0.278. The van der Waals surface area contributed by atoms with E-state index in [1.807, 2.05) is 6.07 Å². The van der Waals surface area contributed by atoms with Crippen LogP contribution in [0.5, 0.6) is 0 Å². The molecule has 0 saturated heterocycles. The average Bonchev–Trinajstić information content (AvgIpc) is 2.83. The highest BCUT2D eigenvalue weighted by Gasteiger charge is 2.24. The molecule has 2 N–H and O–H groups in total. The number of esters is 1. The molecule has 0 aliphatic heterocycles. The number of benzene rings is 1. The summed E-state index contributed by atoms with van der Waals surface area (Å²) in [5, 5.41) is 2.67. The van der Waals surface area contributed by atoms with Gasteiger partial charge in [0.1, 0.15) is 5.69 Å². The summed E-state index contributed by atoms with van der Waals surface area (Å²) in [6.07, 6.45) is -0.971. The van der Waals surface area contributed by atoms with Crippen molar-refractivity contribution in [1.82, 2.24) is 4.98 Å². The Morgan fingerprint density at radius 1 is 1.12 bits per heavy atom. The van der Waals surface area contributed by atoms with Crippen LogP contribution in [0.3, 0.4) is 0 Å². The summed E-state index contributed by atoms with van der Waals surface area (Å²) in [6, 6.07) is 8.90. The van der Waals surface area contributed by atoms with E-state index in [4.69, 9.17) is 4.74 Å². The first-order valence-electron chi connectivity index (χ1n) is 7.58. The lowest BCUT2D eigenvalue weighted by molar-refractivity contribution is -0.123. The third kappa shape index (κ3) is 3.71. The fourth-order valence-electron chi connectivity index (χ4n) is 2.52. The lowest BCUT2D eigenvalue weighted by Crippen LogP contribution is -2.30. The third-order valence-electron chi connectivity index (χ3n) is 3.69. The Bertz CT molecular complexity index is 778. The van der Waals surface area contributed by atoms with E-state index < -0.39 is 18.0 Å². The lowest BCUT2D eigenvalue weighted by Gasteiger charge is -2.13. The predicted octanol–water partition coefficient (Wildman–Crippen LogP) is 3.02. The maximum Gasteiger partial charge on any atom is 0.355 e. The van der Waals surface area contributed by atoms with Gasteiger partial charge in [-0.05, 0) is 45.4 Å². The second-order valence-electron chi connectivity index (χ2n) is 5.58. The molecule has 0 aliphatic rings. The standard InChI is InChI=1S/C18H20N2O4/c1-10-15(12(3)21)11(2)19-16(10)18(23)24-13(4)17(22)20-14-8-6-5-7-9-14/h5-9,13,19H,1-4H3,(H,20,22)/t13-/m0/s1. The van der Waals surface area contributed by atoms with Gasteiger partial charge in [0.15, 0.2) is 11.9 Å². The number of Topliss-reactive ketones (excluding diaryl/α,β-unsaturated/α-hetero) is 1. The Hall–Kier alpha value is -2.89. The van der Waals surface area contributed by atoms with Gasteiger partial charge in [0, 0.05) is 16.9 Å². The van der Waals surface area contributed by atoms with Crippen LogP contribution in [0.1, 0.15) is 46.0 Å². The molecule has 0 unspecified atom stereocenters. The number of aromatic nitrogens is 1. The number of aromatic amines is 1. The van der Waals surface area contributed by atoms with Crippen LogP contribution >= 0.6 is 0 Å². The average molecular weight is 328 g/mol. The molecule has 1 atom stereocenters. The van der Waals surface area contributed by atoms with Crippen molar-refractivity contribution in [2.45, 2.75) is 33.8 Å². The number of anilines is 1. The zero-order valence-corrected chi connectivity index (χ0v) is 14.1. The number of H-pyrrole nitrogens is 1. The topological polar surface area (TPSA) is 88.3 Å². The van der Waals surface area contributed by atoms with Gasteiger partial charge in [-0.25, -0.2) is 4.79 Å². The molecular weight excluding hydrogens is 308 g/mol. The summed E-state index contributed by atoms with van der Waals surface area (Å²) >= 11 is 0. The lowest BCUT2D eigenvalue weighted by atomic mass is 10.1. The number of ether oxygens (including phenoxy) is 1. The van der Waals surface area contributed by atoms with Gasteiger partial charge in [-0.3, -0.25) is 9.59 Å². The molecule has 6 nitrogen and oxygen atoms in total. The summed E-state index contributed by atoms with van der Waals surface area (Å²) in [7, 11) is 0. The molecule has 1 heterocycles. The molecule has 1 aromatic carbocycles. The molecule has 0 aliphatic carbocycles. The van der Waals surface area contributed by atoms with Gasteiger partial charge in [-0.1, -0.05) is 18.2 Å². The first-order chi connectivity index (χ1) is 11.3. The van der Waals surface area contributed by atoms with E-state index in [0.717, 1.165) is 0 Å². The second-order valence-corrected chi connectivity index (χ2v) is 5.58. The Labute approximate surface area is 140 Å². The van der Waals surface area contributed by atoms with Crippen LogP contribution in [0.25, 0.3) is 0 Å². The molecule has 0 spiro atoms. The molecule has 126 valence electrons. The number of para-hydroxylation sites is 1. The van der Waals surface area contributed by atoms with Crippen LogP contribution in [-0.2, 0) is 9.53 Å². The van der Waals surface area contributed by atoms with Crippen molar-refractivity contribution in [3.05, 3.63) is 52.8 Å². The number of amides is 1. The van der Waals surface area contributed by atoms with E-state index in [0.29, 0.717) is 22.5 Å². The van der Waals surface area contributed by atoms with Crippen LogP contribution < -0.4 is 5.32 Å². The molecule has 0 radical (unpaired) electrons. The number of hydrogen-bond acceptors (Lipinski definition) is 4. The van der Waals surface area contributed by atoms with Gasteiger partial charge in [-0.15, -0.1) is 0 Å². The van der Waals surface area contributed by atoms with Crippen molar-refractivity contribution >= 4 is 23.3 Å². The monoisotopic (exact) mass is 328 g/mol. The van der Waals surface area contributed by atoms with Crippen molar-refractivity contribution in [2.24, 2.45) is 0 Å². The van der Waals surface area contributed by atoms with Crippen LogP contribution in [0.4, 0.5) is 5.69 Å². The largest absolute Gasteiger partial charge is 0.448 e. The maximum atomic E-state index is 12.3. The molecule has 24 heavy (non-hydrogen) atoms. The van der Waals surface area contributed by atoms with Crippen LogP contribution in [-0.4, -0.2) is 28.7 Å². The molecule has 2 rings (SSSR count). The Kier molecular flexibility index (Phi) is 5.18. The van der Waals surface area contributed by atoms with Gasteiger partial charge in [0.25, 0.3) is 5.91 Å². The fourth-order valence-corrected chi connectivity index (χ4v) is 2.52. The van der Waals surface area contributed by atoms with Crippen LogP contribution in [0.15, 0.2) is 30.3 Å². The van der Waals surface area contributed by atoms with E-state index in [-0.39, 0.29) is 11.5 Å². The van der Waals surface area contributed by atoms with Crippen molar-refractivity contribution in [1.29, 1.82) is 0 Å². The highest BCUT2D eigenvalue weighted by Crippen LogP contribution is 2.19. The minimum atomic E-state index is -0.971. The normalized spacial score (nSPS) is 11.7. The molecule has 0 bridgehead atoms. The van der Waals surface area contributed by atoms with Gasteiger partial charge >= 0.3 is 5.97 Å². The van der Waals surface area contributed by atoms with Crippen LogP contribution in [0, 0.1) is 13.8 Å². The molecule has 1 aromatic heterocycles. The van der Waals surface area contributed by atoms with Crippen molar-refractivity contribution < 1.29 is 19.1 Å².